The Morgan fingerprint density at radius 2 is 1.88 bits per heavy atom. The van der Waals surface area contributed by atoms with E-state index < -0.39 is 0 Å². The summed E-state index contributed by atoms with van der Waals surface area (Å²) >= 11 is 0. The van der Waals surface area contributed by atoms with Gasteiger partial charge in [0.05, 0.1) is 0 Å². The molecule has 2 nitrogen and oxygen atoms in total. The number of rotatable bonds is 7. The second-order valence-electron chi connectivity index (χ2n) is 5.64. The topological polar surface area (TPSA) is 15.3 Å². The molecule has 2 atom stereocenters. The van der Waals surface area contributed by atoms with Gasteiger partial charge in [-0.3, -0.25) is 4.90 Å². The van der Waals surface area contributed by atoms with Crippen LogP contribution in [0.2, 0.25) is 0 Å². The van der Waals surface area contributed by atoms with Crippen molar-refractivity contribution >= 4 is 0 Å². The molecule has 0 aliphatic heterocycles. The normalized spacial score (nSPS) is 16.2. The lowest BCUT2D eigenvalue weighted by atomic mass is 9.95. The van der Waals surface area contributed by atoms with Crippen LogP contribution in [-0.4, -0.2) is 36.1 Å². The van der Waals surface area contributed by atoms with Crippen LogP contribution in [0.25, 0.3) is 0 Å². The van der Waals surface area contributed by atoms with E-state index in [4.69, 9.17) is 0 Å². The second-order valence-corrected chi connectivity index (χ2v) is 5.64. The van der Waals surface area contributed by atoms with Gasteiger partial charge in [-0.25, -0.2) is 0 Å². The fourth-order valence-corrected chi connectivity index (χ4v) is 2.04. The molecule has 0 saturated carbocycles. The molecule has 2 heteroatoms. The molecule has 96 valence electrons. The van der Waals surface area contributed by atoms with Crippen molar-refractivity contribution in [1.82, 2.24) is 10.2 Å². The van der Waals surface area contributed by atoms with Gasteiger partial charge in [-0.1, -0.05) is 19.9 Å². The minimum atomic E-state index is 0.202. The summed E-state index contributed by atoms with van der Waals surface area (Å²) in [4.78, 5) is 2.52. The molecule has 0 aromatic rings. The fraction of sp³-hybridized carbons (Fsp3) is 0.857. The molecule has 0 aromatic heterocycles. The van der Waals surface area contributed by atoms with Gasteiger partial charge in [0.2, 0.25) is 0 Å². The van der Waals surface area contributed by atoms with Gasteiger partial charge in [0.1, 0.15) is 0 Å². The molecule has 0 aliphatic carbocycles. The van der Waals surface area contributed by atoms with Crippen LogP contribution in [0.3, 0.4) is 0 Å². The summed E-state index contributed by atoms with van der Waals surface area (Å²) in [6, 6.07) is 0.567. The van der Waals surface area contributed by atoms with Gasteiger partial charge in [0.25, 0.3) is 0 Å². The largest absolute Gasteiger partial charge is 0.317 e. The zero-order chi connectivity index (χ0) is 12.8. The lowest BCUT2D eigenvalue weighted by molar-refractivity contribution is 0.0758. The number of hydrogen-bond donors (Lipinski definition) is 1. The minimum Gasteiger partial charge on any atom is -0.317 e. The average Bonchev–Trinajstić information content (AvgIpc) is 2.19. The molecule has 1 N–H and O–H groups in total. The zero-order valence-corrected chi connectivity index (χ0v) is 12.0. The molecular weight excluding hydrogens is 196 g/mol. The van der Waals surface area contributed by atoms with E-state index in [1.165, 1.54) is 0 Å². The molecule has 0 amide bonds. The van der Waals surface area contributed by atoms with E-state index in [0.29, 0.717) is 12.0 Å². The van der Waals surface area contributed by atoms with E-state index in [-0.39, 0.29) is 5.54 Å². The Labute approximate surface area is 102 Å². The van der Waals surface area contributed by atoms with E-state index in [9.17, 15) is 0 Å². The summed E-state index contributed by atoms with van der Waals surface area (Å²) in [6.45, 7) is 20.6. The van der Waals surface area contributed by atoms with Crippen molar-refractivity contribution in [2.45, 2.75) is 53.1 Å². The zero-order valence-electron chi connectivity index (χ0n) is 12.0. The van der Waals surface area contributed by atoms with E-state index in [0.717, 1.165) is 19.6 Å². The van der Waals surface area contributed by atoms with E-state index in [2.05, 4.69) is 58.3 Å². The summed E-state index contributed by atoms with van der Waals surface area (Å²) < 4.78 is 0. The predicted octanol–water partition coefficient (Wildman–Crippen LogP) is 2.91. The number of hydrogen-bond acceptors (Lipinski definition) is 2. The smallest absolute Gasteiger partial charge is 0.0168 e. The Balaban J connectivity index is 4.47. The van der Waals surface area contributed by atoms with Crippen LogP contribution in [-0.2, 0) is 0 Å². The molecule has 0 rings (SSSR count). The monoisotopic (exact) mass is 226 g/mol. The summed E-state index contributed by atoms with van der Waals surface area (Å²) in [5.74, 6) is 0.652. The highest BCUT2D eigenvalue weighted by Gasteiger charge is 2.27. The van der Waals surface area contributed by atoms with Gasteiger partial charge < -0.3 is 5.32 Å². The van der Waals surface area contributed by atoms with Crippen LogP contribution in [0.15, 0.2) is 12.7 Å². The van der Waals surface area contributed by atoms with Crippen LogP contribution in [0, 0.1) is 5.92 Å². The number of nitrogens with zero attached hydrogens (tertiary/aromatic N) is 1. The van der Waals surface area contributed by atoms with Gasteiger partial charge in [-0.2, -0.15) is 0 Å². The molecular formula is C14H30N2. The molecule has 0 spiro atoms. The van der Waals surface area contributed by atoms with E-state index >= 15 is 0 Å². The SMILES string of the molecule is C=CCN(C(C)C(C)CNCC)C(C)(C)C. The quantitative estimate of drug-likeness (QED) is 0.672. The van der Waals surface area contributed by atoms with Crippen molar-refractivity contribution in [3.8, 4) is 0 Å². The first-order valence-electron chi connectivity index (χ1n) is 6.43. The first-order chi connectivity index (χ1) is 7.34. The maximum atomic E-state index is 3.86. The third kappa shape index (κ3) is 5.13. The van der Waals surface area contributed by atoms with Crippen molar-refractivity contribution in [1.29, 1.82) is 0 Å². The van der Waals surface area contributed by atoms with Gasteiger partial charge >= 0.3 is 0 Å². The Bertz CT molecular complexity index is 193. The fourth-order valence-electron chi connectivity index (χ4n) is 2.04. The van der Waals surface area contributed by atoms with Gasteiger partial charge in [-0.05, 0) is 46.7 Å². The highest BCUT2D eigenvalue weighted by atomic mass is 15.2. The standard InChI is InChI=1S/C14H30N2/c1-8-10-16(14(5,6)7)13(4)12(3)11-15-9-2/h8,12-13,15H,1,9-11H2,2-7H3. The highest BCUT2D eigenvalue weighted by molar-refractivity contribution is 4.88. The molecule has 0 aliphatic rings. The van der Waals surface area contributed by atoms with Crippen LogP contribution >= 0.6 is 0 Å². The van der Waals surface area contributed by atoms with Crippen LogP contribution in [0.4, 0.5) is 0 Å². The molecule has 16 heavy (non-hydrogen) atoms. The summed E-state index contributed by atoms with van der Waals surface area (Å²) in [5, 5.41) is 3.42. The van der Waals surface area contributed by atoms with Crippen LogP contribution < -0.4 is 5.32 Å². The average molecular weight is 226 g/mol. The summed E-state index contributed by atoms with van der Waals surface area (Å²) in [6.07, 6.45) is 2.00. The third-order valence-electron chi connectivity index (χ3n) is 3.22. The Morgan fingerprint density at radius 3 is 2.25 bits per heavy atom. The lowest BCUT2D eigenvalue weighted by Gasteiger charge is -2.42. The second kappa shape index (κ2) is 7.08. The van der Waals surface area contributed by atoms with Crippen molar-refractivity contribution in [2.24, 2.45) is 5.92 Å². The predicted molar refractivity (Wildman–Crippen MR) is 73.8 cm³/mol. The molecule has 0 radical (unpaired) electrons. The van der Waals surface area contributed by atoms with Crippen molar-refractivity contribution in [3.63, 3.8) is 0 Å². The summed E-state index contributed by atoms with van der Waals surface area (Å²) in [5.41, 5.74) is 0.202. The van der Waals surface area contributed by atoms with Gasteiger partial charge in [-0.15, -0.1) is 6.58 Å². The molecule has 0 fully saturated rings. The Hall–Kier alpha value is -0.340. The maximum Gasteiger partial charge on any atom is 0.0168 e. The first kappa shape index (κ1) is 15.7. The molecule has 0 aromatic carbocycles. The van der Waals surface area contributed by atoms with Crippen molar-refractivity contribution < 1.29 is 0 Å². The maximum absolute atomic E-state index is 3.86. The summed E-state index contributed by atoms with van der Waals surface area (Å²) in [7, 11) is 0. The van der Waals surface area contributed by atoms with Crippen molar-refractivity contribution in [3.05, 3.63) is 12.7 Å². The molecule has 0 bridgehead atoms. The van der Waals surface area contributed by atoms with Crippen LogP contribution in [0.1, 0.15) is 41.5 Å². The van der Waals surface area contributed by atoms with E-state index in [1.54, 1.807) is 0 Å². The highest BCUT2D eigenvalue weighted by Crippen LogP contribution is 2.21. The Morgan fingerprint density at radius 1 is 1.31 bits per heavy atom. The van der Waals surface area contributed by atoms with Gasteiger partial charge in [0, 0.05) is 18.1 Å². The minimum absolute atomic E-state index is 0.202. The molecule has 2 unspecified atom stereocenters. The molecule has 0 saturated heterocycles. The molecule has 0 heterocycles. The number of nitrogens with one attached hydrogen (secondary N) is 1. The van der Waals surface area contributed by atoms with Crippen LogP contribution in [0.5, 0.6) is 0 Å². The van der Waals surface area contributed by atoms with E-state index in [1.807, 2.05) is 6.08 Å². The lowest BCUT2D eigenvalue weighted by Crippen LogP contribution is -2.50. The van der Waals surface area contributed by atoms with Crippen molar-refractivity contribution in [2.75, 3.05) is 19.6 Å². The third-order valence-corrected chi connectivity index (χ3v) is 3.22. The van der Waals surface area contributed by atoms with Gasteiger partial charge in [0.15, 0.2) is 0 Å². The Kier molecular flexibility index (Phi) is 6.93. The first-order valence-corrected chi connectivity index (χ1v) is 6.43.